The number of rotatable bonds is 12. The summed E-state index contributed by atoms with van der Waals surface area (Å²) < 4.78 is 2.58. The molecular formula is C24H42N3O+. The van der Waals surface area contributed by atoms with Crippen molar-refractivity contribution in [1.29, 1.82) is 0 Å². The van der Waals surface area contributed by atoms with E-state index in [4.69, 9.17) is 0 Å². The minimum absolute atomic E-state index is 0.202. The Morgan fingerprint density at radius 2 is 1.57 bits per heavy atom. The molecule has 0 amide bonds. The van der Waals surface area contributed by atoms with Crippen LogP contribution in [-0.2, 0) is 13.0 Å². The second kappa shape index (κ2) is 10.4. The summed E-state index contributed by atoms with van der Waals surface area (Å²) >= 11 is 0. The molecule has 0 aliphatic heterocycles. The van der Waals surface area contributed by atoms with Gasteiger partial charge in [-0.2, -0.15) is 4.65 Å². The van der Waals surface area contributed by atoms with Crippen molar-refractivity contribution in [3.63, 3.8) is 0 Å². The van der Waals surface area contributed by atoms with Crippen LogP contribution in [-0.4, -0.2) is 59.6 Å². The molecule has 1 aromatic carbocycles. The SMILES string of the molecule is CC(C)CC[N+](O)(CCc1cn(CCN(C)C)c2ccccc12)CCC(C)C. The van der Waals surface area contributed by atoms with Gasteiger partial charge in [-0.05, 0) is 37.6 Å². The number of hydrogen-bond acceptors (Lipinski definition) is 2. The van der Waals surface area contributed by atoms with Crippen molar-refractivity contribution >= 4 is 10.9 Å². The third-order valence-electron chi connectivity index (χ3n) is 5.70. The number of benzene rings is 1. The summed E-state index contributed by atoms with van der Waals surface area (Å²) in [7, 11) is 4.24. The number of aromatic nitrogens is 1. The van der Waals surface area contributed by atoms with Crippen LogP contribution < -0.4 is 0 Å². The Labute approximate surface area is 172 Å². The lowest BCUT2D eigenvalue weighted by atomic mass is 10.1. The molecule has 0 atom stereocenters. The highest BCUT2D eigenvalue weighted by molar-refractivity contribution is 5.84. The van der Waals surface area contributed by atoms with Crippen molar-refractivity contribution < 1.29 is 9.85 Å². The van der Waals surface area contributed by atoms with E-state index in [2.05, 4.69) is 81.7 Å². The molecular weight excluding hydrogens is 346 g/mol. The zero-order chi connectivity index (χ0) is 20.7. The van der Waals surface area contributed by atoms with Crippen LogP contribution in [0.3, 0.4) is 0 Å². The summed E-state index contributed by atoms with van der Waals surface area (Å²) in [6.07, 6.45) is 5.37. The van der Waals surface area contributed by atoms with Crippen LogP contribution in [0.4, 0.5) is 0 Å². The molecule has 158 valence electrons. The number of quaternary nitrogens is 1. The second-order valence-corrected chi connectivity index (χ2v) is 9.55. The third kappa shape index (κ3) is 6.91. The number of nitrogens with zero attached hydrogens (tertiary/aromatic N) is 3. The van der Waals surface area contributed by atoms with E-state index in [1.54, 1.807) is 0 Å². The maximum atomic E-state index is 11.3. The Balaban J connectivity index is 2.16. The smallest absolute Gasteiger partial charge is 0.113 e. The summed E-state index contributed by atoms with van der Waals surface area (Å²) in [6, 6.07) is 8.69. The summed E-state index contributed by atoms with van der Waals surface area (Å²) in [5, 5.41) is 12.7. The molecule has 0 unspecified atom stereocenters. The van der Waals surface area contributed by atoms with E-state index >= 15 is 0 Å². The second-order valence-electron chi connectivity index (χ2n) is 9.55. The van der Waals surface area contributed by atoms with Crippen LogP contribution in [0, 0.1) is 11.8 Å². The standard InChI is InChI=1S/C24H42N3O/c1-20(2)11-16-27(28,17-12-21(3)4)18-13-22-19-26(15-14-25(5)6)24-10-8-7-9-23(22)24/h7-10,19-21,28H,11-18H2,1-6H3/q+1. The molecule has 0 saturated carbocycles. The van der Waals surface area contributed by atoms with Gasteiger partial charge in [-0.3, -0.25) is 0 Å². The zero-order valence-electron chi connectivity index (χ0n) is 19.0. The maximum absolute atomic E-state index is 11.3. The number of hydroxylamine groups is 3. The first kappa shape index (κ1) is 22.9. The van der Waals surface area contributed by atoms with Crippen molar-refractivity contribution in [2.75, 3.05) is 40.3 Å². The summed E-state index contributed by atoms with van der Waals surface area (Å²) in [5.41, 5.74) is 2.67. The van der Waals surface area contributed by atoms with Crippen LogP contribution in [0.5, 0.6) is 0 Å². The predicted octanol–water partition coefficient (Wildman–Crippen LogP) is 5.04. The fraction of sp³-hybridized carbons (Fsp3) is 0.667. The Morgan fingerprint density at radius 3 is 2.14 bits per heavy atom. The molecule has 1 aromatic heterocycles. The van der Waals surface area contributed by atoms with Gasteiger partial charge in [0.15, 0.2) is 0 Å². The van der Waals surface area contributed by atoms with Gasteiger partial charge in [0.25, 0.3) is 0 Å². The molecule has 2 rings (SSSR count). The summed E-state index contributed by atoms with van der Waals surface area (Å²) in [4.78, 5) is 2.22. The minimum atomic E-state index is 0.202. The first-order valence-electron chi connectivity index (χ1n) is 11.0. The lowest BCUT2D eigenvalue weighted by molar-refractivity contribution is -1.10. The molecule has 28 heavy (non-hydrogen) atoms. The van der Waals surface area contributed by atoms with Crippen molar-refractivity contribution in [2.24, 2.45) is 11.8 Å². The van der Waals surface area contributed by atoms with Gasteiger partial charge in [0, 0.05) is 49.5 Å². The third-order valence-corrected chi connectivity index (χ3v) is 5.70. The number of para-hydroxylation sites is 1. The Kier molecular flexibility index (Phi) is 8.54. The highest BCUT2D eigenvalue weighted by Crippen LogP contribution is 2.23. The molecule has 4 heteroatoms. The average molecular weight is 389 g/mol. The van der Waals surface area contributed by atoms with Crippen molar-refractivity contribution in [2.45, 2.75) is 53.5 Å². The molecule has 0 saturated heterocycles. The number of fused-ring (bicyclic) bond motifs is 1. The Hall–Kier alpha value is -1.36. The van der Waals surface area contributed by atoms with E-state index in [0.717, 1.165) is 52.0 Å². The van der Waals surface area contributed by atoms with Gasteiger partial charge in [0.2, 0.25) is 0 Å². The van der Waals surface area contributed by atoms with Crippen molar-refractivity contribution in [3.8, 4) is 0 Å². The van der Waals surface area contributed by atoms with E-state index < -0.39 is 0 Å². The van der Waals surface area contributed by atoms with Gasteiger partial charge < -0.3 is 9.47 Å². The number of likely N-dealkylation sites (N-methyl/N-ethyl adjacent to an activating group) is 1. The normalized spacial score (nSPS) is 12.8. The first-order valence-corrected chi connectivity index (χ1v) is 11.0. The topological polar surface area (TPSA) is 28.4 Å². The van der Waals surface area contributed by atoms with E-state index in [0.29, 0.717) is 11.8 Å². The van der Waals surface area contributed by atoms with Crippen LogP contribution >= 0.6 is 0 Å². The highest BCUT2D eigenvalue weighted by Gasteiger charge is 2.26. The molecule has 0 aliphatic carbocycles. The van der Waals surface area contributed by atoms with Crippen molar-refractivity contribution in [3.05, 3.63) is 36.0 Å². The van der Waals surface area contributed by atoms with Crippen molar-refractivity contribution in [1.82, 2.24) is 9.47 Å². The monoisotopic (exact) mass is 388 g/mol. The molecule has 0 aliphatic rings. The lowest BCUT2D eigenvalue weighted by Crippen LogP contribution is -2.48. The molecule has 1 N–H and O–H groups in total. The van der Waals surface area contributed by atoms with Crippen LogP contribution in [0.2, 0.25) is 0 Å². The van der Waals surface area contributed by atoms with E-state index in [-0.39, 0.29) is 4.65 Å². The van der Waals surface area contributed by atoms with E-state index in [1.807, 2.05) is 0 Å². The first-order chi connectivity index (χ1) is 13.2. The van der Waals surface area contributed by atoms with Gasteiger partial charge in [-0.15, -0.1) is 0 Å². The minimum Gasteiger partial charge on any atom is -0.346 e. The molecule has 4 nitrogen and oxygen atoms in total. The van der Waals surface area contributed by atoms with Gasteiger partial charge in [0.1, 0.15) is 19.6 Å². The molecule has 0 fully saturated rings. The quantitative estimate of drug-likeness (QED) is 0.407. The van der Waals surface area contributed by atoms with Gasteiger partial charge >= 0.3 is 0 Å². The Bertz CT molecular complexity index is 706. The zero-order valence-corrected chi connectivity index (χ0v) is 19.0. The van der Waals surface area contributed by atoms with Gasteiger partial charge in [0.05, 0.1) is 0 Å². The fourth-order valence-corrected chi connectivity index (χ4v) is 3.68. The summed E-state index contributed by atoms with van der Waals surface area (Å²) in [6.45, 7) is 13.5. The van der Waals surface area contributed by atoms with Crippen LogP contribution in [0.25, 0.3) is 10.9 Å². The maximum Gasteiger partial charge on any atom is 0.113 e. The van der Waals surface area contributed by atoms with E-state index in [9.17, 15) is 5.21 Å². The highest BCUT2D eigenvalue weighted by atomic mass is 16.5. The average Bonchev–Trinajstić information content (AvgIpc) is 3.00. The van der Waals surface area contributed by atoms with Gasteiger partial charge in [-0.1, -0.05) is 45.9 Å². The van der Waals surface area contributed by atoms with Gasteiger partial charge in [-0.25, -0.2) is 5.21 Å². The molecule has 0 radical (unpaired) electrons. The predicted molar refractivity (Wildman–Crippen MR) is 120 cm³/mol. The molecule has 0 spiro atoms. The lowest BCUT2D eigenvalue weighted by Gasteiger charge is -2.31. The molecule has 1 heterocycles. The fourth-order valence-electron chi connectivity index (χ4n) is 3.68. The molecule has 0 bridgehead atoms. The van der Waals surface area contributed by atoms with E-state index in [1.165, 1.54) is 16.5 Å². The van der Waals surface area contributed by atoms with Crippen LogP contribution in [0.1, 0.15) is 46.1 Å². The molecule has 2 aromatic rings. The largest absolute Gasteiger partial charge is 0.346 e. The van der Waals surface area contributed by atoms with Crippen LogP contribution in [0.15, 0.2) is 30.5 Å². The Morgan fingerprint density at radius 1 is 0.964 bits per heavy atom. The number of hydrogen-bond donors (Lipinski definition) is 1. The summed E-state index contributed by atoms with van der Waals surface area (Å²) in [5.74, 6) is 1.24.